The lowest BCUT2D eigenvalue weighted by Crippen LogP contribution is -1.97. The zero-order valence-corrected chi connectivity index (χ0v) is 10.2. The third-order valence-corrected chi connectivity index (χ3v) is 3.24. The summed E-state index contributed by atoms with van der Waals surface area (Å²) in [5.41, 5.74) is 0.787. The summed E-state index contributed by atoms with van der Waals surface area (Å²) >= 11 is 4.94. The topological polar surface area (TPSA) is 12.0 Å². The van der Waals surface area contributed by atoms with Crippen molar-refractivity contribution in [2.45, 2.75) is 6.54 Å². The second-order valence-electron chi connectivity index (χ2n) is 3.09. The van der Waals surface area contributed by atoms with Crippen LogP contribution < -0.4 is 5.32 Å². The Hall–Kier alpha value is -0.870. The van der Waals surface area contributed by atoms with E-state index in [0.717, 1.165) is 16.7 Å². The fourth-order valence-corrected chi connectivity index (χ4v) is 2.37. The second-order valence-corrected chi connectivity index (χ2v) is 5.04. The van der Waals surface area contributed by atoms with Crippen LogP contribution in [0.15, 0.2) is 40.2 Å². The van der Waals surface area contributed by atoms with E-state index < -0.39 is 0 Å². The van der Waals surface area contributed by atoms with Gasteiger partial charge in [0, 0.05) is 21.6 Å². The Balaban J connectivity index is 2.05. The van der Waals surface area contributed by atoms with Crippen molar-refractivity contribution in [2.75, 3.05) is 5.32 Å². The van der Waals surface area contributed by atoms with Gasteiger partial charge in [0.1, 0.15) is 5.82 Å². The van der Waals surface area contributed by atoms with Crippen LogP contribution in [0, 0.1) is 5.82 Å². The summed E-state index contributed by atoms with van der Waals surface area (Å²) in [6.07, 6.45) is 0. The van der Waals surface area contributed by atoms with Crippen molar-refractivity contribution >= 4 is 33.0 Å². The SMILES string of the molecule is Fc1cc(Br)cc(NCc2cccs2)c1. The van der Waals surface area contributed by atoms with E-state index in [1.807, 2.05) is 23.6 Å². The van der Waals surface area contributed by atoms with E-state index >= 15 is 0 Å². The van der Waals surface area contributed by atoms with Crippen molar-refractivity contribution in [3.05, 3.63) is 50.9 Å². The summed E-state index contributed by atoms with van der Waals surface area (Å²) in [6, 6.07) is 8.83. The maximum atomic E-state index is 13.0. The van der Waals surface area contributed by atoms with Gasteiger partial charge in [-0.1, -0.05) is 22.0 Å². The monoisotopic (exact) mass is 285 g/mol. The molecule has 4 heteroatoms. The summed E-state index contributed by atoms with van der Waals surface area (Å²) in [7, 11) is 0. The van der Waals surface area contributed by atoms with Crippen LogP contribution in [0.1, 0.15) is 4.88 Å². The number of halogens is 2. The first-order chi connectivity index (χ1) is 7.24. The average Bonchev–Trinajstić information content (AvgIpc) is 2.65. The van der Waals surface area contributed by atoms with E-state index in [1.165, 1.54) is 17.0 Å². The fraction of sp³-hybridized carbons (Fsp3) is 0.0909. The Labute approximate surface area is 100 Å². The summed E-state index contributed by atoms with van der Waals surface area (Å²) in [5.74, 6) is -0.238. The van der Waals surface area contributed by atoms with Gasteiger partial charge in [-0.15, -0.1) is 11.3 Å². The lowest BCUT2D eigenvalue weighted by atomic mass is 10.3. The number of benzene rings is 1. The van der Waals surface area contributed by atoms with Crippen LogP contribution in [0.5, 0.6) is 0 Å². The predicted molar refractivity (Wildman–Crippen MR) is 65.7 cm³/mol. The molecule has 0 atom stereocenters. The van der Waals surface area contributed by atoms with E-state index in [9.17, 15) is 4.39 Å². The molecule has 1 heterocycles. The van der Waals surface area contributed by atoms with E-state index in [0.29, 0.717) is 0 Å². The largest absolute Gasteiger partial charge is 0.380 e. The molecule has 1 aromatic carbocycles. The maximum absolute atomic E-state index is 13.0. The Morgan fingerprint density at radius 3 is 2.87 bits per heavy atom. The first kappa shape index (κ1) is 10.6. The van der Waals surface area contributed by atoms with E-state index in [1.54, 1.807) is 11.3 Å². The van der Waals surface area contributed by atoms with Gasteiger partial charge in [-0.2, -0.15) is 0 Å². The van der Waals surface area contributed by atoms with Gasteiger partial charge in [0.25, 0.3) is 0 Å². The first-order valence-electron chi connectivity index (χ1n) is 4.46. The highest BCUT2D eigenvalue weighted by molar-refractivity contribution is 9.10. The number of nitrogens with one attached hydrogen (secondary N) is 1. The van der Waals surface area contributed by atoms with Crippen LogP contribution in [-0.2, 0) is 6.54 Å². The minimum atomic E-state index is -0.238. The molecule has 0 spiro atoms. The van der Waals surface area contributed by atoms with Gasteiger partial charge in [0.05, 0.1) is 0 Å². The Morgan fingerprint density at radius 2 is 2.20 bits per heavy atom. The molecule has 1 nitrogen and oxygen atoms in total. The number of rotatable bonds is 3. The van der Waals surface area contributed by atoms with Crippen LogP contribution in [0.4, 0.5) is 10.1 Å². The molecule has 78 valence electrons. The molecule has 2 rings (SSSR count). The predicted octanol–water partition coefficient (Wildman–Crippen LogP) is 4.26. The van der Waals surface area contributed by atoms with E-state index in [-0.39, 0.29) is 5.82 Å². The minimum absolute atomic E-state index is 0.238. The van der Waals surface area contributed by atoms with Crippen LogP contribution >= 0.6 is 27.3 Å². The number of hydrogen-bond acceptors (Lipinski definition) is 2. The van der Waals surface area contributed by atoms with E-state index in [4.69, 9.17) is 0 Å². The highest BCUT2D eigenvalue weighted by Gasteiger charge is 1.99. The Morgan fingerprint density at radius 1 is 1.33 bits per heavy atom. The molecule has 0 bridgehead atoms. The van der Waals surface area contributed by atoms with Crippen molar-refractivity contribution in [3.63, 3.8) is 0 Å². The molecular weight excluding hydrogens is 277 g/mol. The summed E-state index contributed by atoms with van der Waals surface area (Å²) < 4.78 is 13.8. The van der Waals surface area contributed by atoms with Gasteiger partial charge in [-0.05, 0) is 29.6 Å². The van der Waals surface area contributed by atoms with Gasteiger partial charge in [0.2, 0.25) is 0 Å². The lowest BCUT2D eigenvalue weighted by Gasteiger charge is -2.05. The molecule has 0 saturated heterocycles. The molecule has 0 aliphatic carbocycles. The lowest BCUT2D eigenvalue weighted by molar-refractivity contribution is 0.627. The van der Waals surface area contributed by atoms with Gasteiger partial charge in [-0.3, -0.25) is 0 Å². The van der Waals surface area contributed by atoms with Crippen molar-refractivity contribution in [1.29, 1.82) is 0 Å². The molecule has 0 fully saturated rings. The standard InChI is InChI=1S/C11H9BrFNS/c12-8-4-9(13)6-10(5-8)14-7-11-2-1-3-15-11/h1-6,14H,7H2. The number of hydrogen-bond donors (Lipinski definition) is 1. The maximum Gasteiger partial charge on any atom is 0.126 e. The average molecular weight is 286 g/mol. The highest BCUT2D eigenvalue weighted by atomic mass is 79.9. The molecule has 2 aromatic rings. The van der Waals surface area contributed by atoms with Gasteiger partial charge in [-0.25, -0.2) is 4.39 Å². The molecule has 0 unspecified atom stereocenters. The van der Waals surface area contributed by atoms with E-state index in [2.05, 4.69) is 21.2 Å². The van der Waals surface area contributed by atoms with Crippen molar-refractivity contribution in [1.82, 2.24) is 0 Å². The van der Waals surface area contributed by atoms with Crippen molar-refractivity contribution in [3.8, 4) is 0 Å². The third kappa shape index (κ3) is 3.04. The van der Waals surface area contributed by atoms with Crippen LogP contribution in [0.3, 0.4) is 0 Å². The number of anilines is 1. The quantitative estimate of drug-likeness (QED) is 0.888. The molecule has 1 N–H and O–H groups in total. The highest BCUT2D eigenvalue weighted by Crippen LogP contribution is 2.19. The zero-order chi connectivity index (χ0) is 10.7. The molecule has 0 aliphatic rings. The zero-order valence-electron chi connectivity index (χ0n) is 7.84. The molecule has 1 aromatic heterocycles. The smallest absolute Gasteiger partial charge is 0.126 e. The molecule has 0 amide bonds. The van der Waals surface area contributed by atoms with Crippen molar-refractivity contribution in [2.24, 2.45) is 0 Å². The minimum Gasteiger partial charge on any atom is -0.380 e. The molecule has 0 saturated carbocycles. The van der Waals surface area contributed by atoms with Crippen LogP contribution in [-0.4, -0.2) is 0 Å². The molecular formula is C11H9BrFNS. The van der Waals surface area contributed by atoms with Gasteiger partial charge < -0.3 is 5.32 Å². The van der Waals surface area contributed by atoms with Gasteiger partial charge >= 0.3 is 0 Å². The van der Waals surface area contributed by atoms with Gasteiger partial charge in [0.15, 0.2) is 0 Å². The summed E-state index contributed by atoms with van der Waals surface area (Å²) in [6.45, 7) is 0.730. The molecule has 0 aliphatic heterocycles. The number of thiophene rings is 1. The first-order valence-corrected chi connectivity index (χ1v) is 6.13. The normalized spacial score (nSPS) is 10.3. The van der Waals surface area contributed by atoms with Crippen LogP contribution in [0.2, 0.25) is 0 Å². The second kappa shape index (κ2) is 4.77. The van der Waals surface area contributed by atoms with Crippen LogP contribution in [0.25, 0.3) is 0 Å². The molecule has 15 heavy (non-hydrogen) atoms. The Bertz CT molecular complexity index is 422. The van der Waals surface area contributed by atoms with Crippen molar-refractivity contribution < 1.29 is 4.39 Å². The fourth-order valence-electron chi connectivity index (χ4n) is 1.26. The third-order valence-electron chi connectivity index (χ3n) is 1.91. The summed E-state index contributed by atoms with van der Waals surface area (Å²) in [4.78, 5) is 1.23. The Kier molecular flexibility index (Phi) is 3.38. The molecule has 0 radical (unpaired) electrons. The summed E-state index contributed by atoms with van der Waals surface area (Å²) in [5, 5.41) is 5.20.